The van der Waals surface area contributed by atoms with Crippen LogP contribution in [0, 0.1) is 6.92 Å². The maximum absolute atomic E-state index is 11.3. The first kappa shape index (κ1) is 13.8. The highest BCUT2D eigenvalue weighted by Crippen LogP contribution is 2.32. The standard InChI is InChI=1S/C14H15ClN2O2S/c1-8-6-17-14(12-7-16-13(15)5-11(8)12)19-9-3-10(4-9)20(2)18/h5-7,9-10H,3-4H2,1-2H3. The van der Waals surface area contributed by atoms with Crippen molar-refractivity contribution in [1.82, 2.24) is 9.97 Å². The van der Waals surface area contributed by atoms with E-state index in [1.807, 2.05) is 13.0 Å². The van der Waals surface area contributed by atoms with Crippen LogP contribution in [0.25, 0.3) is 10.8 Å². The number of aromatic nitrogens is 2. The number of ether oxygens (including phenoxy) is 1. The van der Waals surface area contributed by atoms with Gasteiger partial charge in [0.1, 0.15) is 11.3 Å². The normalized spacial score (nSPS) is 23.4. The number of nitrogens with zero attached hydrogens (tertiary/aromatic N) is 2. The molecule has 1 aliphatic carbocycles. The highest BCUT2D eigenvalue weighted by atomic mass is 35.5. The van der Waals surface area contributed by atoms with E-state index >= 15 is 0 Å². The average Bonchev–Trinajstić information content (AvgIpc) is 2.35. The van der Waals surface area contributed by atoms with Crippen molar-refractivity contribution in [3.05, 3.63) is 29.2 Å². The van der Waals surface area contributed by atoms with Gasteiger partial charge >= 0.3 is 0 Å². The van der Waals surface area contributed by atoms with E-state index in [1.54, 1.807) is 18.6 Å². The summed E-state index contributed by atoms with van der Waals surface area (Å²) in [6.45, 7) is 1.98. The van der Waals surface area contributed by atoms with Gasteiger partial charge in [-0.2, -0.15) is 0 Å². The summed E-state index contributed by atoms with van der Waals surface area (Å²) in [5, 5.41) is 2.59. The molecule has 2 heterocycles. The summed E-state index contributed by atoms with van der Waals surface area (Å²) in [6, 6.07) is 1.82. The smallest absolute Gasteiger partial charge is 0.223 e. The molecule has 0 spiro atoms. The lowest BCUT2D eigenvalue weighted by Crippen LogP contribution is -2.40. The molecule has 6 heteroatoms. The maximum atomic E-state index is 11.3. The molecule has 1 unspecified atom stereocenters. The molecule has 20 heavy (non-hydrogen) atoms. The molecule has 0 amide bonds. The van der Waals surface area contributed by atoms with Gasteiger partial charge in [0.05, 0.1) is 5.39 Å². The van der Waals surface area contributed by atoms with Crippen molar-refractivity contribution < 1.29 is 8.95 Å². The summed E-state index contributed by atoms with van der Waals surface area (Å²) in [4.78, 5) is 8.45. The minimum absolute atomic E-state index is 0.0954. The number of halogens is 1. The van der Waals surface area contributed by atoms with Crippen LogP contribution in [0.5, 0.6) is 5.88 Å². The van der Waals surface area contributed by atoms with E-state index in [-0.39, 0.29) is 11.4 Å². The minimum atomic E-state index is -0.766. The van der Waals surface area contributed by atoms with Gasteiger partial charge in [-0.1, -0.05) is 11.6 Å². The Bertz CT molecular complexity index is 686. The second kappa shape index (κ2) is 5.30. The molecule has 1 aliphatic rings. The molecule has 0 bridgehead atoms. The number of rotatable bonds is 3. The lowest BCUT2D eigenvalue weighted by atomic mass is 9.95. The van der Waals surface area contributed by atoms with Gasteiger partial charge in [0.15, 0.2) is 0 Å². The molecule has 0 radical (unpaired) electrons. The third-order valence-electron chi connectivity index (χ3n) is 3.70. The van der Waals surface area contributed by atoms with Crippen LogP contribution in [0.3, 0.4) is 0 Å². The quantitative estimate of drug-likeness (QED) is 0.818. The fourth-order valence-electron chi connectivity index (χ4n) is 2.36. The van der Waals surface area contributed by atoms with Crippen molar-refractivity contribution in [3.8, 4) is 5.88 Å². The number of pyridine rings is 2. The van der Waals surface area contributed by atoms with Crippen molar-refractivity contribution in [1.29, 1.82) is 0 Å². The maximum Gasteiger partial charge on any atom is 0.223 e. The fraction of sp³-hybridized carbons (Fsp3) is 0.429. The van der Waals surface area contributed by atoms with Crippen LogP contribution in [0.2, 0.25) is 5.15 Å². The van der Waals surface area contributed by atoms with E-state index in [0.29, 0.717) is 11.0 Å². The number of hydrogen-bond acceptors (Lipinski definition) is 4. The molecule has 3 rings (SSSR count). The van der Waals surface area contributed by atoms with Crippen LogP contribution in [-0.4, -0.2) is 31.8 Å². The van der Waals surface area contributed by atoms with Crippen LogP contribution >= 0.6 is 11.6 Å². The molecule has 106 valence electrons. The monoisotopic (exact) mass is 310 g/mol. The second-order valence-corrected chi connectivity index (χ2v) is 7.18. The van der Waals surface area contributed by atoms with Crippen molar-refractivity contribution in [2.75, 3.05) is 6.26 Å². The van der Waals surface area contributed by atoms with Crippen LogP contribution in [0.15, 0.2) is 18.5 Å². The molecule has 0 saturated heterocycles. The zero-order valence-corrected chi connectivity index (χ0v) is 12.9. The SMILES string of the molecule is Cc1cnc(OC2CC(S(C)=O)C2)c2cnc(Cl)cc12. The van der Waals surface area contributed by atoms with Crippen LogP contribution in [0.1, 0.15) is 18.4 Å². The Morgan fingerprint density at radius 2 is 2.05 bits per heavy atom. The molecule has 4 nitrogen and oxygen atoms in total. The summed E-state index contributed by atoms with van der Waals surface area (Å²) in [5.74, 6) is 0.583. The van der Waals surface area contributed by atoms with E-state index in [0.717, 1.165) is 29.2 Å². The highest BCUT2D eigenvalue weighted by Gasteiger charge is 2.34. The van der Waals surface area contributed by atoms with E-state index in [4.69, 9.17) is 16.3 Å². The lowest BCUT2D eigenvalue weighted by Gasteiger charge is -2.33. The van der Waals surface area contributed by atoms with Gasteiger partial charge in [-0.3, -0.25) is 4.21 Å². The predicted octanol–water partition coefficient (Wildman–Crippen LogP) is 2.88. The largest absolute Gasteiger partial charge is 0.474 e. The minimum Gasteiger partial charge on any atom is -0.474 e. The molecule has 1 saturated carbocycles. The summed E-state index contributed by atoms with van der Waals surface area (Å²) in [5.41, 5.74) is 1.04. The Hall–Kier alpha value is -1.20. The molecule has 2 aromatic rings. The van der Waals surface area contributed by atoms with Crippen molar-refractivity contribution >= 4 is 33.2 Å². The van der Waals surface area contributed by atoms with E-state index in [2.05, 4.69) is 9.97 Å². The fourth-order valence-corrected chi connectivity index (χ4v) is 3.49. The van der Waals surface area contributed by atoms with Crippen LogP contribution in [0.4, 0.5) is 0 Å². The van der Waals surface area contributed by atoms with Gasteiger partial charge in [-0.05, 0) is 36.8 Å². The molecule has 0 aromatic carbocycles. The zero-order chi connectivity index (χ0) is 14.3. The van der Waals surface area contributed by atoms with Gasteiger partial charge in [0, 0.05) is 34.7 Å². The third-order valence-corrected chi connectivity index (χ3v) is 5.23. The average molecular weight is 311 g/mol. The molecule has 2 aromatic heterocycles. The Balaban J connectivity index is 1.86. The Morgan fingerprint density at radius 1 is 1.30 bits per heavy atom. The van der Waals surface area contributed by atoms with E-state index in [1.165, 1.54) is 0 Å². The molecule has 1 atom stereocenters. The molecule has 1 fully saturated rings. The first-order chi connectivity index (χ1) is 9.54. The summed E-state index contributed by atoms with van der Waals surface area (Å²) >= 11 is 5.93. The van der Waals surface area contributed by atoms with Gasteiger partial charge in [0.2, 0.25) is 5.88 Å². The number of aryl methyl sites for hydroxylation is 1. The Labute approximate surface area is 125 Å². The van der Waals surface area contributed by atoms with Crippen LogP contribution in [-0.2, 0) is 10.8 Å². The van der Waals surface area contributed by atoms with Gasteiger partial charge in [-0.25, -0.2) is 9.97 Å². The van der Waals surface area contributed by atoms with Crippen LogP contribution < -0.4 is 4.74 Å². The Kier molecular flexibility index (Phi) is 3.65. The lowest BCUT2D eigenvalue weighted by molar-refractivity contribution is 0.121. The molecular weight excluding hydrogens is 296 g/mol. The number of hydrogen-bond donors (Lipinski definition) is 0. The van der Waals surface area contributed by atoms with E-state index in [9.17, 15) is 4.21 Å². The molecular formula is C14H15ClN2O2S. The summed E-state index contributed by atoms with van der Waals surface area (Å²) in [7, 11) is -0.766. The molecule has 0 aliphatic heterocycles. The van der Waals surface area contributed by atoms with Crippen molar-refractivity contribution in [3.63, 3.8) is 0 Å². The molecule has 0 N–H and O–H groups in total. The summed E-state index contributed by atoms with van der Waals surface area (Å²) < 4.78 is 17.2. The van der Waals surface area contributed by atoms with Gasteiger partial charge in [-0.15, -0.1) is 0 Å². The number of fused-ring (bicyclic) bond motifs is 1. The highest BCUT2D eigenvalue weighted by molar-refractivity contribution is 7.84. The predicted molar refractivity (Wildman–Crippen MR) is 80.8 cm³/mol. The summed E-state index contributed by atoms with van der Waals surface area (Å²) in [6.07, 6.45) is 6.95. The van der Waals surface area contributed by atoms with Crippen molar-refractivity contribution in [2.24, 2.45) is 0 Å². The van der Waals surface area contributed by atoms with Gasteiger partial charge in [0.25, 0.3) is 0 Å². The second-order valence-electron chi connectivity index (χ2n) is 5.13. The third kappa shape index (κ3) is 2.52. The first-order valence-electron chi connectivity index (χ1n) is 6.44. The van der Waals surface area contributed by atoms with E-state index < -0.39 is 10.8 Å². The first-order valence-corrected chi connectivity index (χ1v) is 8.44. The van der Waals surface area contributed by atoms with Gasteiger partial charge < -0.3 is 4.74 Å². The van der Waals surface area contributed by atoms with Crippen molar-refractivity contribution in [2.45, 2.75) is 31.1 Å². The Morgan fingerprint density at radius 3 is 2.75 bits per heavy atom. The zero-order valence-electron chi connectivity index (χ0n) is 11.3. The topological polar surface area (TPSA) is 52.1 Å².